The highest BCUT2D eigenvalue weighted by Gasteiger charge is 2.39. The van der Waals surface area contributed by atoms with Gasteiger partial charge in [-0.05, 0) is 30.6 Å². The SMILES string of the molecule is CCC[C@@H](C(=O)O)N1C(=O)/C(=C\C(C)=C\c2ccccc2)SC1=S. The summed E-state index contributed by atoms with van der Waals surface area (Å²) in [6.45, 7) is 3.79. The van der Waals surface area contributed by atoms with Crippen molar-refractivity contribution in [3.05, 3.63) is 52.4 Å². The molecule has 0 aliphatic carbocycles. The predicted molar refractivity (Wildman–Crippen MR) is 102 cm³/mol. The van der Waals surface area contributed by atoms with E-state index in [0.717, 1.165) is 22.9 Å². The maximum Gasteiger partial charge on any atom is 0.326 e. The van der Waals surface area contributed by atoms with Gasteiger partial charge in [-0.2, -0.15) is 0 Å². The second kappa shape index (κ2) is 8.26. The number of allylic oxidation sites excluding steroid dienone is 2. The van der Waals surface area contributed by atoms with E-state index in [-0.39, 0.29) is 5.91 Å². The molecule has 1 heterocycles. The first-order valence-corrected chi connectivity index (χ1v) is 8.89. The van der Waals surface area contributed by atoms with Gasteiger partial charge < -0.3 is 5.11 Å². The van der Waals surface area contributed by atoms with Crippen molar-refractivity contribution in [2.24, 2.45) is 0 Å². The summed E-state index contributed by atoms with van der Waals surface area (Å²) >= 11 is 6.39. The van der Waals surface area contributed by atoms with Crippen LogP contribution in [-0.4, -0.2) is 32.2 Å². The van der Waals surface area contributed by atoms with Crippen molar-refractivity contribution < 1.29 is 14.7 Å². The number of thiocarbonyl (C=S) groups is 1. The molecule has 24 heavy (non-hydrogen) atoms. The Morgan fingerprint density at radius 2 is 2.04 bits per heavy atom. The molecule has 1 aromatic rings. The highest BCUT2D eigenvalue weighted by Crippen LogP contribution is 2.34. The Morgan fingerprint density at radius 1 is 1.38 bits per heavy atom. The van der Waals surface area contributed by atoms with Crippen LogP contribution in [0.3, 0.4) is 0 Å². The first-order valence-electron chi connectivity index (χ1n) is 7.67. The van der Waals surface area contributed by atoms with Crippen LogP contribution in [0.15, 0.2) is 46.9 Å². The van der Waals surface area contributed by atoms with Gasteiger partial charge in [-0.25, -0.2) is 4.79 Å². The molecule has 0 aromatic heterocycles. The van der Waals surface area contributed by atoms with Crippen molar-refractivity contribution in [2.75, 3.05) is 0 Å². The average molecular weight is 361 g/mol. The Kier molecular flexibility index (Phi) is 6.34. The van der Waals surface area contributed by atoms with Crippen LogP contribution in [0.25, 0.3) is 6.08 Å². The standard InChI is InChI=1S/C18H19NO3S2/c1-3-7-14(17(21)22)19-16(20)15(24-18(19)23)11-12(2)10-13-8-5-4-6-9-13/h4-6,8-11,14H,3,7H2,1-2H3,(H,21,22)/b12-10+,15-11+/t14-/m0/s1. The van der Waals surface area contributed by atoms with Gasteiger partial charge in [0.25, 0.3) is 5.91 Å². The molecule has 0 saturated carbocycles. The van der Waals surface area contributed by atoms with E-state index in [0.29, 0.717) is 22.1 Å². The molecule has 4 nitrogen and oxygen atoms in total. The zero-order valence-corrected chi connectivity index (χ0v) is 15.2. The number of amides is 1. The Hall–Kier alpha value is -1.92. The molecule has 126 valence electrons. The van der Waals surface area contributed by atoms with Crippen LogP contribution in [0, 0.1) is 0 Å². The number of rotatable bonds is 6. The lowest BCUT2D eigenvalue weighted by Gasteiger charge is -2.22. The quantitative estimate of drug-likeness (QED) is 0.611. The van der Waals surface area contributed by atoms with Crippen LogP contribution < -0.4 is 0 Å². The largest absolute Gasteiger partial charge is 0.480 e. The minimum absolute atomic E-state index is 0.305. The van der Waals surface area contributed by atoms with E-state index < -0.39 is 12.0 Å². The molecular formula is C18H19NO3S2. The maximum atomic E-state index is 12.6. The van der Waals surface area contributed by atoms with Gasteiger partial charge in [-0.3, -0.25) is 9.69 Å². The van der Waals surface area contributed by atoms with E-state index in [2.05, 4.69) is 0 Å². The zero-order chi connectivity index (χ0) is 17.7. The Balaban J connectivity index is 2.24. The van der Waals surface area contributed by atoms with Crippen LogP contribution in [0.1, 0.15) is 32.3 Å². The van der Waals surface area contributed by atoms with Gasteiger partial charge in [0, 0.05) is 0 Å². The first-order chi connectivity index (χ1) is 11.4. The number of carboxylic acid groups (broad SMARTS) is 1. The second-order valence-electron chi connectivity index (χ2n) is 5.49. The summed E-state index contributed by atoms with van der Waals surface area (Å²) in [4.78, 5) is 25.7. The summed E-state index contributed by atoms with van der Waals surface area (Å²) in [5, 5.41) is 9.37. The number of thioether (sulfide) groups is 1. The molecule has 6 heteroatoms. The Bertz CT molecular complexity index is 710. The zero-order valence-electron chi connectivity index (χ0n) is 13.6. The van der Waals surface area contributed by atoms with Crippen LogP contribution in [0.2, 0.25) is 0 Å². The molecule has 1 amide bonds. The molecule has 0 spiro atoms. The van der Waals surface area contributed by atoms with Crippen molar-refractivity contribution in [3.63, 3.8) is 0 Å². The molecular weight excluding hydrogens is 342 g/mol. The molecule has 1 aromatic carbocycles. The van der Waals surface area contributed by atoms with Crippen molar-refractivity contribution in [2.45, 2.75) is 32.7 Å². The average Bonchev–Trinajstić information content (AvgIpc) is 2.80. The van der Waals surface area contributed by atoms with Gasteiger partial charge in [-0.15, -0.1) is 0 Å². The summed E-state index contributed by atoms with van der Waals surface area (Å²) in [6.07, 6.45) is 4.78. The van der Waals surface area contributed by atoms with Gasteiger partial charge in [0.15, 0.2) is 0 Å². The summed E-state index contributed by atoms with van der Waals surface area (Å²) in [7, 11) is 0. The number of carboxylic acids is 1. The number of aliphatic carboxylic acids is 1. The second-order valence-corrected chi connectivity index (χ2v) is 7.17. The number of benzene rings is 1. The third-order valence-corrected chi connectivity index (χ3v) is 4.87. The summed E-state index contributed by atoms with van der Waals surface area (Å²) in [5.74, 6) is -1.35. The van der Waals surface area contributed by atoms with E-state index in [1.54, 1.807) is 6.08 Å². The lowest BCUT2D eigenvalue weighted by Crippen LogP contribution is -2.43. The fourth-order valence-electron chi connectivity index (χ4n) is 2.45. The Morgan fingerprint density at radius 3 is 2.62 bits per heavy atom. The number of nitrogens with zero attached hydrogens (tertiary/aromatic N) is 1. The van der Waals surface area contributed by atoms with E-state index in [1.807, 2.05) is 50.3 Å². The van der Waals surface area contributed by atoms with Gasteiger partial charge in [-0.1, -0.05) is 73.7 Å². The normalized spacial score (nSPS) is 18.3. The van der Waals surface area contributed by atoms with Crippen molar-refractivity contribution in [1.82, 2.24) is 4.90 Å². The van der Waals surface area contributed by atoms with Crippen molar-refractivity contribution in [1.29, 1.82) is 0 Å². The highest BCUT2D eigenvalue weighted by molar-refractivity contribution is 8.26. The number of carbonyl (C=O) groups excluding carboxylic acids is 1. The van der Waals surface area contributed by atoms with Crippen LogP contribution in [-0.2, 0) is 9.59 Å². The molecule has 1 atom stereocenters. The maximum absolute atomic E-state index is 12.6. The summed E-state index contributed by atoms with van der Waals surface area (Å²) < 4.78 is 0.305. The molecule has 0 unspecified atom stereocenters. The van der Waals surface area contributed by atoms with Crippen LogP contribution in [0.5, 0.6) is 0 Å². The molecule has 2 rings (SSSR count). The monoisotopic (exact) mass is 361 g/mol. The minimum Gasteiger partial charge on any atom is -0.480 e. The lowest BCUT2D eigenvalue weighted by atomic mass is 10.1. The number of hydrogen-bond acceptors (Lipinski definition) is 4. The van der Waals surface area contributed by atoms with Gasteiger partial charge in [0.2, 0.25) is 0 Å². The van der Waals surface area contributed by atoms with E-state index in [1.165, 1.54) is 4.90 Å². The van der Waals surface area contributed by atoms with Gasteiger partial charge in [0.1, 0.15) is 10.4 Å². The molecule has 1 fully saturated rings. The third-order valence-electron chi connectivity index (χ3n) is 3.54. The van der Waals surface area contributed by atoms with Gasteiger partial charge >= 0.3 is 5.97 Å². The highest BCUT2D eigenvalue weighted by atomic mass is 32.2. The Labute approximate surface area is 151 Å². The third kappa shape index (κ3) is 4.33. The molecule has 1 saturated heterocycles. The smallest absolute Gasteiger partial charge is 0.326 e. The van der Waals surface area contributed by atoms with E-state index in [4.69, 9.17) is 12.2 Å². The lowest BCUT2D eigenvalue weighted by molar-refractivity contribution is -0.145. The minimum atomic E-state index is -1.02. The summed E-state index contributed by atoms with van der Waals surface area (Å²) in [5.41, 5.74) is 1.94. The topological polar surface area (TPSA) is 57.6 Å². The van der Waals surface area contributed by atoms with E-state index in [9.17, 15) is 14.7 Å². The number of hydrogen-bond donors (Lipinski definition) is 1. The molecule has 0 radical (unpaired) electrons. The van der Waals surface area contributed by atoms with Crippen LogP contribution in [0.4, 0.5) is 0 Å². The fourth-order valence-corrected chi connectivity index (χ4v) is 3.85. The fraction of sp³-hybridized carbons (Fsp3) is 0.278. The molecule has 1 aliphatic rings. The van der Waals surface area contributed by atoms with Crippen LogP contribution >= 0.6 is 24.0 Å². The van der Waals surface area contributed by atoms with Crippen molar-refractivity contribution >= 4 is 46.3 Å². The van der Waals surface area contributed by atoms with Crippen molar-refractivity contribution in [3.8, 4) is 0 Å². The number of carbonyl (C=O) groups is 2. The predicted octanol–water partition coefficient (Wildman–Crippen LogP) is 4.09. The summed E-state index contributed by atoms with van der Waals surface area (Å²) in [6, 6.07) is 8.89. The van der Waals surface area contributed by atoms with E-state index >= 15 is 0 Å². The molecule has 1 aliphatic heterocycles. The molecule has 1 N–H and O–H groups in total. The van der Waals surface area contributed by atoms with Gasteiger partial charge in [0.05, 0.1) is 4.91 Å². The molecule has 0 bridgehead atoms. The first kappa shape index (κ1) is 18.4.